The Morgan fingerprint density at radius 2 is 1.92 bits per heavy atom. The Kier molecular flexibility index (Phi) is 4.27. The van der Waals surface area contributed by atoms with Gasteiger partial charge in [0.2, 0.25) is 11.8 Å². The second kappa shape index (κ2) is 5.98. The normalized spacial score (nSPS) is 20.8. The lowest BCUT2D eigenvalue weighted by Gasteiger charge is -2.43. The van der Waals surface area contributed by atoms with Crippen LogP contribution < -0.4 is 4.90 Å². The number of halogens is 3. The quantitative estimate of drug-likeness (QED) is 0.774. The fourth-order valence-electron chi connectivity index (χ4n) is 3.29. The molecule has 0 bridgehead atoms. The van der Waals surface area contributed by atoms with E-state index in [1.165, 1.54) is 35.7 Å². The van der Waals surface area contributed by atoms with Gasteiger partial charge in [-0.3, -0.25) is 14.5 Å². The van der Waals surface area contributed by atoms with Crippen molar-refractivity contribution in [3.8, 4) is 0 Å². The number of piperidine rings is 1. The summed E-state index contributed by atoms with van der Waals surface area (Å²) in [6, 6.07) is 4.90. The molecule has 0 aliphatic carbocycles. The lowest BCUT2D eigenvalue weighted by molar-refractivity contribution is -0.137. The van der Waals surface area contributed by atoms with Crippen LogP contribution >= 0.6 is 11.8 Å². The van der Waals surface area contributed by atoms with Crippen LogP contribution in [0.5, 0.6) is 0 Å². The molecule has 2 heterocycles. The van der Waals surface area contributed by atoms with E-state index in [0.29, 0.717) is 25.9 Å². The van der Waals surface area contributed by atoms with Crippen LogP contribution in [0.3, 0.4) is 0 Å². The molecular formula is C16H17F3N2O2S. The van der Waals surface area contributed by atoms with Crippen molar-refractivity contribution in [2.75, 3.05) is 23.7 Å². The molecule has 130 valence electrons. The number of carbonyl (C=O) groups excluding carboxylic acids is 2. The van der Waals surface area contributed by atoms with Gasteiger partial charge in [0.1, 0.15) is 0 Å². The molecule has 3 rings (SSSR count). The van der Waals surface area contributed by atoms with E-state index in [1.54, 1.807) is 4.90 Å². The number of likely N-dealkylation sites (tertiary alicyclic amines) is 1. The van der Waals surface area contributed by atoms with Crippen molar-refractivity contribution in [3.05, 3.63) is 29.8 Å². The highest BCUT2D eigenvalue weighted by atomic mass is 32.2. The molecule has 24 heavy (non-hydrogen) atoms. The highest BCUT2D eigenvalue weighted by Crippen LogP contribution is 2.47. The molecule has 8 heteroatoms. The monoisotopic (exact) mass is 358 g/mol. The number of benzene rings is 1. The summed E-state index contributed by atoms with van der Waals surface area (Å²) in [5.41, 5.74) is -0.489. The van der Waals surface area contributed by atoms with E-state index in [1.807, 2.05) is 0 Å². The van der Waals surface area contributed by atoms with Crippen LogP contribution in [0.1, 0.15) is 25.3 Å². The average Bonchev–Trinajstić information content (AvgIpc) is 2.83. The zero-order valence-corrected chi connectivity index (χ0v) is 13.9. The van der Waals surface area contributed by atoms with E-state index < -0.39 is 16.6 Å². The third-order valence-electron chi connectivity index (χ3n) is 4.54. The first-order valence-electron chi connectivity index (χ1n) is 7.63. The lowest BCUT2D eigenvalue weighted by Crippen LogP contribution is -2.53. The van der Waals surface area contributed by atoms with E-state index in [9.17, 15) is 22.8 Å². The van der Waals surface area contributed by atoms with Crippen LogP contribution in [-0.2, 0) is 15.8 Å². The molecule has 1 aromatic carbocycles. The minimum atomic E-state index is -4.45. The van der Waals surface area contributed by atoms with Gasteiger partial charge in [-0.15, -0.1) is 11.8 Å². The standard InChI is InChI=1S/C16H17F3N2O2S/c1-11(22)20-7-5-15(6-8-20)21(14(23)10-24-15)13-4-2-3-12(9-13)16(17,18)19/h2-4,9H,5-8,10H2,1H3. The summed E-state index contributed by atoms with van der Waals surface area (Å²) in [6.45, 7) is 2.51. The summed E-state index contributed by atoms with van der Waals surface area (Å²) in [7, 11) is 0. The minimum Gasteiger partial charge on any atom is -0.343 e. The number of carbonyl (C=O) groups is 2. The largest absolute Gasteiger partial charge is 0.416 e. The summed E-state index contributed by atoms with van der Waals surface area (Å²) in [6.07, 6.45) is -3.34. The predicted octanol–water partition coefficient (Wildman–Crippen LogP) is 3.12. The zero-order chi connectivity index (χ0) is 17.5. The fraction of sp³-hybridized carbons (Fsp3) is 0.500. The van der Waals surface area contributed by atoms with Crippen molar-refractivity contribution in [2.24, 2.45) is 0 Å². The van der Waals surface area contributed by atoms with Crippen LogP contribution in [0.4, 0.5) is 18.9 Å². The van der Waals surface area contributed by atoms with Gasteiger partial charge in [0.05, 0.1) is 16.2 Å². The molecule has 1 spiro atoms. The van der Waals surface area contributed by atoms with Crippen molar-refractivity contribution in [1.82, 2.24) is 4.90 Å². The second-order valence-corrected chi connectivity index (χ2v) is 7.36. The summed E-state index contributed by atoms with van der Waals surface area (Å²) in [5, 5.41) is 0. The predicted molar refractivity (Wildman–Crippen MR) is 85.6 cm³/mol. The van der Waals surface area contributed by atoms with Gasteiger partial charge in [0.15, 0.2) is 0 Å². The number of hydrogen-bond acceptors (Lipinski definition) is 3. The van der Waals surface area contributed by atoms with Crippen LogP contribution in [-0.4, -0.2) is 40.4 Å². The first-order chi connectivity index (χ1) is 11.2. The maximum absolute atomic E-state index is 13.0. The van der Waals surface area contributed by atoms with Crippen molar-refractivity contribution >= 4 is 29.3 Å². The van der Waals surface area contributed by atoms with Gasteiger partial charge in [-0.1, -0.05) is 6.07 Å². The van der Waals surface area contributed by atoms with Gasteiger partial charge in [0, 0.05) is 25.7 Å². The van der Waals surface area contributed by atoms with Crippen molar-refractivity contribution in [2.45, 2.75) is 30.8 Å². The average molecular weight is 358 g/mol. The van der Waals surface area contributed by atoms with Gasteiger partial charge in [-0.05, 0) is 31.0 Å². The number of anilines is 1. The molecule has 2 fully saturated rings. The number of rotatable bonds is 1. The molecule has 2 amide bonds. The van der Waals surface area contributed by atoms with Gasteiger partial charge in [-0.25, -0.2) is 0 Å². The number of hydrogen-bond donors (Lipinski definition) is 0. The molecule has 0 saturated carbocycles. The smallest absolute Gasteiger partial charge is 0.343 e. The maximum atomic E-state index is 13.0. The summed E-state index contributed by atoms with van der Waals surface area (Å²) >= 11 is 1.46. The Labute approximate surface area is 142 Å². The third-order valence-corrected chi connectivity index (χ3v) is 6.06. The lowest BCUT2D eigenvalue weighted by atomic mass is 10.0. The van der Waals surface area contributed by atoms with Crippen molar-refractivity contribution in [1.29, 1.82) is 0 Å². The number of alkyl halides is 3. The molecule has 2 saturated heterocycles. The highest BCUT2D eigenvalue weighted by molar-refractivity contribution is 8.02. The Bertz CT molecular complexity index is 670. The van der Waals surface area contributed by atoms with Gasteiger partial charge in [-0.2, -0.15) is 13.2 Å². The summed E-state index contributed by atoms with van der Waals surface area (Å²) < 4.78 is 38.9. The molecule has 2 aliphatic rings. The van der Waals surface area contributed by atoms with E-state index in [-0.39, 0.29) is 23.3 Å². The van der Waals surface area contributed by atoms with Crippen LogP contribution in [0, 0.1) is 0 Å². The minimum absolute atomic E-state index is 0.0233. The van der Waals surface area contributed by atoms with Crippen LogP contribution in [0.25, 0.3) is 0 Å². The highest BCUT2D eigenvalue weighted by Gasteiger charge is 2.49. The van der Waals surface area contributed by atoms with Crippen molar-refractivity contribution < 1.29 is 22.8 Å². The molecule has 1 aromatic rings. The molecule has 0 atom stereocenters. The Balaban J connectivity index is 1.91. The summed E-state index contributed by atoms with van der Waals surface area (Å²) in [5.74, 6) is 0.0384. The molecule has 0 radical (unpaired) electrons. The maximum Gasteiger partial charge on any atom is 0.416 e. The molecule has 4 nitrogen and oxygen atoms in total. The zero-order valence-electron chi connectivity index (χ0n) is 13.1. The number of thioether (sulfide) groups is 1. The molecule has 0 N–H and O–H groups in total. The number of nitrogens with zero attached hydrogens (tertiary/aromatic N) is 2. The van der Waals surface area contributed by atoms with Crippen molar-refractivity contribution in [3.63, 3.8) is 0 Å². The van der Waals surface area contributed by atoms with E-state index in [0.717, 1.165) is 12.1 Å². The van der Waals surface area contributed by atoms with Gasteiger partial charge < -0.3 is 4.90 Å². The third kappa shape index (κ3) is 2.99. The van der Waals surface area contributed by atoms with Gasteiger partial charge in [0.25, 0.3) is 0 Å². The topological polar surface area (TPSA) is 40.6 Å². The number of amides is 2. The van der Waals surface area contributed by atoms with Crippen LogP contribution in [0.15, 0.2) is 24.3 Å². The SMILES string of the molecule is CC(=O)N1CCC2(CC1)SCC(=O)N2c1cccc(C(F)(F)F)c1. The molecular weight excluding hydrogens is 341 g/mol. The van der Waals surface area contributed by atoms with Gasteiger partial charge >= 0.3 is 6.18 Å². The Morgan fingerprint density at radius 1 is 1.25 bits per heavy atom. The fourth-order valence-corrected chi connectivity index (χ4v) is 4.62. The van der Waals surface area contributed by atoms with E-state index >= 15 is 0 Å². The molecule has 0 unspecified atom stereocenters. The Hall–Kier alpha value is -1.70. The first kappa shape index (κ1) is 17.1. The summed E-state index contributed by atoms with van der Waals surface area (Å²) in [4.78, 5) is 26.5. The first-order valence-corrected chi connectivity index (χ1v) is 8.61. The van der Waals surface area contributed by atoms with E-state index in [4.69, 9.17) is 0 Å². The second-order valence-electron chi connectivity index (χ2n) is 6.02. The molecule has 0 aromatic heterocycles. The Morgan fingerprint density at radius 3 is 2.50 bits per heavy atom. The molecule has 2 aliphatic heterocycles. The van der Waals surface area contributed by atoms with E-state index in [2.05, 4.69) is 0 Å². The van der Waals surface area contributed by atoms with Crippen LogP contribution in [0.2, 0.25) is 0 Å².